The van der Waals surface area contributed by atoms with Crippen LogP contribution in [0.3, 0.4) is 0 Å². The van der Waals surface area contributed by atoms with Crippen LogP contribution in [0.25, 0.3) is 0 Å². The van der Waals surface area contributed by atoms with Crippen LogP contribution in [0.4, 0.5) is 0 Å². The molecule has 1 amide bonds. The molecular weight excluding hydrogens is 384 g/mol. The smallest absolute Gasteiger partial charge is 0.253 e. The summed E-state index contributed by atoms with van der Waals surface area (Å²) >= 11 is 5.98. The SMILES string of the molecule is CS(=O)(=O)c1cc(C(=O)N2CCCN(Cc3ccccc3)CC2)ccc1Cl. The first kappa shape index (κ1) is 19.9. The van der Waals surface area contributed by atoms with Gasteiger partial charge in [-0.3, -0.25) is 9.69 Å². The summed E-state index contributed by atoms with van der Waals surface area (Å²) in [6.45, 7) is 3.84. The maximum Gasteiger partial charge on any atom is 0.253 e. The van der Waals surface area contributed by atoms with Crippen molar-refractivity contribution in [3.8, 4) is 0 Å². The molecule has 1 aliphatic rings. The molecular formula is C20H23ClN2O3S. The Balaban J connectivity index is 1.69. The number of amides is 1. The van der Waals surface area contributed by atoms with Crippen LogP contribution in [0, 0.1) is 0 Å². The number of rotatable bonds is 4. The number of nitrogens with zero attached hydrogens (tertiary/aromatic N) is 2. The van der Waals surface area contributed by atoms with Gasteiger partial charge in [-0.2, -0.15) is 0 Å². The van der Waals surface area contributed by atoms with Crippen LogP contribution in [0.15, 0.2) is 53.4 Å². The fraction of sp³-hybridized carbons (Fsp3) is 0.350. The largest absolute Gasteiger partial charge is 0.337 e. The molecule has 1 heterocycles. The molecule has 0 unspecified atom stereocenters. The summed E-state index contributed by atoms with van der Waals surface area (Å²) in [6.07, 6.45) is 1.97. The van der Waals surface area contributed by atoms with E-state index >= 15 is 0 Å². The number of halogens is 1. The van der Waals surface area contributed by atoms with Crippen molar-refractivity contribution in [2.45, 2.75) is 17.9 Å². The quantitative estimate of drug-likeness (QED) is 0.782. The van der Waals surface area contributed by atoms with Crippen LogP contribution in [0.2, 0.25) is 5.02 Å². The van der Waals surface area contributed by atoms with Gasteiger partial charge in [0.2, 0.25) is 0 Å². The van der Waals surface area contributed by atoms with Crippen molar-refractivity contribution in [3.63, 3.8) is 0 Å². The summed E-state index contributed by atoms with van der Waals surface area (Å²) in [5, 5.41) is 0.138. The zero-order valence-electron chi connectivity index (χ0n) is 15.3. The molecule has 0 atom stereocenters. The van der Waals surface area contributed by atoms with Crippen LogP contribution in [0.5, 0.6) is 0 Å². The highest BCUT2D eigenvalue weighted by Crippen LogP contribution is 2.23. The summed E-state index contributed by atoms with van der Waals surface area (Å²) in [5.74, 6) is -0.155. The molecule has 1 fully saturated rings. The lowest BCUT2D eigenvalue weighted by atomic mass is 10.2. The van der Waals surface area contributed by atoms with Crippen molar-refractivity contribution >= 4 is 27.3 Å². The van der Waals surface area contributed by atoms with E-state index in [1.54, 1.807) is 11.0 Å². The van der Waals surface area contributed by atoms with Crippen LogP contribution in [-0.4, -0.2) is 56.6 Å². The number of hydrogen-bond acceptors (Lipinski definition) is 4. The molecule has 2 aromatic carbocycles. The second-order valence-electron chi connectivity index (χ2n) is 6.82. The topological polar surface area (TPSA) is 57.7 Å². The number of benzene rings is 2. The van der Waals surface area contributed by atoms with Crippen LogP contribution in [0.1, 0.15) is 22.3 Å². The van der Waals surface area contributed by atoms with E-state index in [-0.39, 0.29) is 15.8 Å². The molecule has 7 heteroatoms. The van der Waals surface area contributed by atoms with Crippen molar-refractivity contribution in [3.05, 3.63) is 64.7 Å². The molecule has 144 valence electrons. The molecule has 1 saturated heterocycles. The molecule has 5 nitrogen and oxygen atoms in total. The third-order valence-electron chi connectivity index (χ3n) is 4.70. The van der Waals surface area contributed by atoms with Crippen LogP contribution in [-0.2, 0) is 16.4 Å². The van der Waals surface area contributed by atoms with E-state index in [9.17, 15) is 13.2 Å². The Morgan fingerprint density at radius 1 is 1.04 bits per heavy atom. The lowest BCUT2D eigenvalue weighted by molar-refractivity contribution is 0.0761. The van der Waals surface area contributed by atoms with E-state index in [1.165, 1.54) is 17.7 Å². The molecule has 0 spiro atoms. The highest BCUT2D eigenvalue weighted by Gasteiger charge is 2.22. The minimum Gasteiger partial charge on any atom is -0.337 e. The average molecular weight is 407 g/mol. The third-order valence-corrected chi connectivity index (χ3v) is 6.28. The van der Waals surface area contributed by atoms with Crippen molar-refractivity contribution < 1.29 is 13.2 Å². The van der Waals surface area contributed by atoms with Gasteiger partial charge in [0.1, 0.15) is 0 Å². The average Bonchev–Trinajstić information content (AvgIpc) is 2.87. The predicted molar refractivity (Wildman–Crippen MR) is 107 cm³/mol. The maximum atomic E-state index is 12.9. The Morgan fingerprint density at radius 3 is 2.48 bits per heavy atom. The van der Waals surface area contributed by atoms with Gasteiger partial charge in [-0.1, -0.05) is 41.9 Å². The molecule has 0 aromatic heterocycles. The van der Waals surface area contributed by atoms with Crippen molar-refractivity contribution in [2.75, 3.05) is 32.4 Å². The van der Waals surface area contributed by atoms with E-state index < -0.39 is 9.84 Å². The van der Waals surface area contributed by atoms with Gasteiger partial charge in [-0.05, 0) is 30.2 Å². The Morgan fingerprint density at radius 2 is 1.78 bits per heavy atom. The first-order valence-corrected chi connectivity index (χ1v) is 11.2. The number of hydrogen-bond donors (Lipinski definition) is 0. The summed E-state index contributed by atoms with van der Waals surface area (Å²) in [6, 6.07) is 14.7. The fourth-order valence-electron chi connectivity index (χ4n) is 3.28. The normalized spacial score (nSPS) is 16.1. The molecule has 1 aliphatic heterocycles. The van der Waals surface area contributed by atoms with Crippen molar-refractivity contribution in [1.82, 2.24) is 9.80 Å². The van der Waals surface area contributed by atoms with Gasteiger partial charge in [-0.15, -0.1) is 0 Å². The highest BCUT2D eigenvalue weighted by atomic mass is 35.5. The van der Waals surface area contributed by atoms with Crippen LogP contribution >= 0.6 is 11.6 Å². The first-order chi connectivity index (χ1) is 12.8. The van der Waals surface area contributed by atoms with E-state index in [0.29, 0.717) is 18.7 Å². The fourth-order valence-corrected chi connectivity index (χ4v) is 4.58. The summed E-state index contributed by atoms with van der Waals surface area (Å²) in [4.78, 5) is 17.0. The molecule has 0 bridgehead atoms. The lowest BCUT2D eigenvalue weighted by Crippen LogP contribution is -2.35. The first-order valence-electron chi connectivity index (χ1n) is 8.90. The molecule has 3 rings (SSSR count). The van der Waals surface area contributed by atoms with E-state index in [0.717, 1.165) is 32.3 Å². The second-order valence-corrected chi connectivity index (χ2v) is 9.22. The Hall–Kier alpha value is -1.89. The van der Waals surface area contributed by atoms with E-state index in [2.05, 4.69) is 17.0 Å². The third kappa shape index (κ3) is 5.09. The zero-order valence-corrected chi connectivity index (χ0v) is 16.8. The predicted octanol–water partition coefficient (Wildman–Crippen LogP) is 3.09. The number of carbonyl (C=O) groups excluding carboxylic acids is 1. The Kier molecular flexibility index (Phi) is 6.19. The molecule has 0 aliphatic carbocycles. The van der Waals surface area contributed by atoms with Gasteiger partial charge in [0.15, 0.2) is 9.84 Å². The van der Waals surface area contributed by atoms with Gasteiger partial charge in [0, 0.05) is 44.5 Å². The Bertz CT molecular complexity index is 916. The Labute approximate surface area is 165 Å². The van der Waals surface area contributed by atoms with Crippen molar-refractivity contribution in [2.24, 2.45) is 0 Å². The maximum absolute atomic E-state index is 12.9. The highest BCUT2D eigenvalue weighted by molar-refractivity contribution is 7.90. The van der Waals surface area contributed by atoms with Gasteiger partial charge >= 0.3 is 0 Å². The minimum absolute atomic E-state index is 0.00413. The standard InChI is InChI=1S/C20H23ClN2O3S/c1-27(25,26)19-14-17(8-9-18(19)21)20(24)23-11-5-10-22(12-13-23)15-16-6-3-2-4-7-16/h2-4,6-9,14H,5,10-13,15H2,1H3. The lowest BCUT2D eigenvalue weighted by Gasteiger charge is -2.22. The van der Waals surface area contributed by atoms with Crippen LogP contribution < -0.4 is 0 Å². The van der Waals surface area contributed by atoms with Gasteiger partial charge in [-0.25, -0.2) is 8.42 Å². The monoisotopic (exact) mass is 406 g/mol. The second kappa shape index (κ2) is 8.42. The van der Waals surface area contributed by atoms with Crippen molar-refractivity contribution in [1.29, 1.82) is 0 Å². The molecule has 0 saturated carbocycles. The van der Waals surface area contributed by atoms with Gasteiger partial charge < -0.3 is 4.90 Å². The molecule has 0 radical (unpaired) electrons. The molecule has 2 aromatic rings. The number of carbonyl (C=O) groups is 1. The zero-order chi connectivity index (χ0) is 19.4. The summed E-state index contributed by atoms with van der Waals surface area (Å²) in [5.41, 5.74) is 1.61. The summed E-state index contributed by atoms with van der Waals surface area (Å²) in [7, 11) is -3.48. The number of sulfone groups is 1. The molecule has 0 N–H and O–H groups in total. The van der Waals surface area contributed by atoms with E-state index in [1.807, 2.05) is 18.2 Å². The molecule has 27 heavy (non-hydrogen) atoms. The van der Waals surface area contributed by atoms with Gasteiger partial charge in [0.05, 0.1) is 9.92 Å². The summed E-state index contributed by atoms with van der Waals surface area (Å²) < 4.78 is 23.7. The van der Waals surface area contributed by atoms with E-state index in [4.69, 9.17) is 11.6 Å². The minimum atomic E-state index is -3.48. The van der Waals surface area contributed by atoms with Gasteiger partial charge in [0.25, 0.3) is 5.91 Å².